The zero-order chi connectivity index (χ0) is 26.9. The van der Waals surface area contributed by atoms with Crippen molar-refractivity contribution in [2.45, 2.75) is 37.4 Å². The van der Waals surface area contributed by atoms with E-state index in [-0.39, 0.29) is 43.8 Å². The summed E-state index contributed by atoms with van der Waals surface area (Å²) >= 11 is 0. The smallest absolute Gasteiger partial charge is 0.341 e. The number of hydrogen-bond donors (Lipinski definition) is 1. The molecule has 0 saturated carbocycles. The monoisotopic (exact) mass is 529 g/mol. The average Bonchev–Trinajstić information content (AvgIpc) is 3.54. The minimum Gasteiger partial charge on any atom is -0.341 e. The SMILES string of the molecule is O=C(CN1CN(c2ccccc2)C2(CCN(C(=O)Nc3ccccc3C(F)(F)F)CC2)C1=O)N1CCCC1. The fourth-order valence-electron chi connectivity index (χ4n) is 5.67. The van der Waals surface area contributed by atoms with Gasteiger partial charge in [0.25, 0.3) is 5.91 Å². The van der Waals surface area contributed by atoms with E-state index in [1.54, 1.807) is 9.80 Å². The Hall–Kier alpha value is -3.76. The van der Waals surface area contributed by atoms with E-state index in [9.17, 15) is 27.6 Å². The number of alkyl halides is 3. The fraction of sp³-hybridized carbons (Fsp3) is 0.444. The van der Waals surface area contributed by atoms with Crippen LogP contribution in [0.2, 0.25) is 0 Å². The molecule has 3 saturated heterocycles. The number of rotatable bonds is 4. The first-order valence-corrected chi connectivity index (χ1v) is 12.8. The molecule has 1 N–H and O–H groups in total. The molecular weight excluding hydrogens is 499 g/mol. The number of carbonyl (C=O) groups excluding carboxylic acids is 3. The summed E-state index contributed by atoms with van der Waals surface area (Å²) in [6.45, 7) is 2.04. The van der Waals surface area contributed by atoms with Crippen molar-refractivity contribution in [3.8, 4) is 0 Å². The Bertz CT molecular complexity index is 1190. The number of halogens is 3. The van der Waals surface area contributed by atoms with Gasteiger partial charge in [-0.05, 0) is 49.9 Å². The van der Waals surface area contributed by atoms with E-state index < -0.39 is 23.3 Å². The molecule has 3 heterocycles. The molecule has 8 nitrogen and oxygen atoms in total. The molecule has 0 aliphatic carbocycles. The maximum Gasteiger partial charge on any atom is 0.418 e. The van der Waals surface area contributed by atoms with Crippen molar-refractivity contribution in [2.75, 3.05) is 49.6 Å². The molecule has 202 valence electrons. The molecule has 3 aliphatic heterocycles. The second-order valence-electron chi connectivity index (χ2n) is 9.99. The molecule has 2 aromatic rings. The minimum absolute atomic E-state index is 0.00233. The summed E-state index contributed by atoms with van der Waals surface area (Å²) in [6, 6.07) is 13.7. The topological polar surface area (TPSA) is 76.2 Å². The molecule has 0 bridgehead atoms. The summed E-state index contributed by atoms with van der Waals surface area (Å²) in [6.07, 6.45) is -2.08. The first-order chi connectivity index (χ1) is 18.2. The molecule has 3 fully saturated rings. The average molecular weight is 530 g/mol. The van der Waals surface area contributed by atoms with Crippen LogP contribution in [0.25, 0.3) is 0 Å². The Morgan fingerprint density at radius 1 is 0.868 bits per heavy atom. The van der Waals surface area contributed by atoms with Crippen molar-refractivity contribution in [1.82, 2.24) is 14.7 Å². The number of piperidine rings is 1. The van der Waals surface area contributed by atoms with Gasteiger partial charge in [-0.2, -0.15) is 13.2 Å². The number of urea groups is 1. The summed E-state index contributed by atoms with van der Waals surface area (Å²) in [5.41, 5.74) is -1.32. The molecular formula is C27H30F3N5O3. The lowest BCUT2D eigenvalue weighted by Crippen LogP contribution is -2.58. The fourth-order valence-corrected chi connectivity index (χ4v) is 5.67. The quantitative estimate of drug-likeness (QED) is 0.650. The van der Waals surface area contributed by atoms with Crippen LogP contribution in [0.3, 0.4) is 0 Å². The van der Waals surface area contributed by atoms with Gasteiger partial charge < -0.3 is 24.9 Å². The molecule has 4 amide bonds. The van der Waals surface area contributed by atoms with Crippen molar-refractivity contribution in [2.24, 2.45) is 0 Å². The zero-order valence-corrected chi connectivity index (χ0v) is 20.9. The highest BCUT2D eigenvalue weighted by molar-refractivity contribution is 5.97. The van der Waals surface area contributed by atoms with Gasteiger partial charge in [0.2, 0.25) is 5.91 Å². The van der Waals surface area contributed by atoms with Gasteiger partial charge in [0.15, 0.2) is 0 Å². The maximum absolute atomic E-state index is 13.8. The number of nitrogens with zero attached hydrogens (tertiary/aromatic N) is 4. The summed E-state index contributed by atoms with van der Waals surface area (Å²) < 4.78 is 40.1. The first kappa shape index (κ1) is 25.9. The second kappa shape index (κ2) is 10.2. The molecule has 38 heavy (non-hydrogen) atoms. The Morgan fingerprint density at radius 2 is 1.50 bits per heavy atom. The van der Waals surface area contributed by atoms with Gasteiger partial charge in [-0.3, -0.25) is 9.59 Å². The van der Waals surface area contributed by atoms with E-state index in [4.69, 9.17) is 0 Å². The number of carbonyl (C=O) groups is 3. The highest BCUT2D eigenvalue weighted by atomic mass is 19.4. The van der Waals surface area contributed by atoms with Crippen molar-refractivity contribution in [3.05, 3.63) is 60.2 Å². The highest BCUT2D eigenvalue weighted by Gasteiger charge is 2.54. The summed E-state index contributed by atoms with van der Waals surface area (Å²) in [5, 5.41) is 2.39. The Morgan fingerprint density at radius 3 is 2.16 bits per heavy atom. The maximum atomic E-state index is 13.8. The van der Waals surface area contributed by atoms with Crippen LogP contribution >= 0.6 is 0 Å². The van der Waals surface area contributed by atoms with E-state index in [2.05, 4.69) is 5.32 Å². The van der Waals surface area contributed by atoms with Crippen molar-refractivity contribution < 1.29 is 27.6 Å². The van der Waals surface area contributed by atoms with Crippen LogP contribution < -0.4 is 10.2 Å². The number of likely N-dealkylation sites (tertiary alicyclic amines) is 2. The standard InChI is InChI=1S/C27H30F3N5O3/c28-27(29,30)21-10-4-5-11-22(21)31-25(38)33-16-12-26(13-17-33)24(37)34(18-23(36)32-14-6-7-15-32)19-35(26)20-8-2-1-3-9-20/h1-5,8-11H,6-7,12-19H2,(H,31,38). The molecule has 11 heteroatoms. The Kier molecular flexibility index (Phi) is 6.93. The first-order valence-electron chi connectivity index (χ1n) is 12.8. The second-order valence-corrected chi connectivity index (χ2v) is 9.99. The van der Waals surface area contributed by atoms with Crippen LogP contribution in [0.4, 0.5) is 29.3 Å². The number of para-hydroxylation sites is 2. The number of amides is 4. The third-order valence-corrected chi connectivity index (χ3v) is 7.72. The van der Waals surface area contributed by atoms with Gasteiger partial charge in [0.05, 0.1) is 17.9 Å². The van der Waals surface area contributed by atoms with Gasteiger partial charge in [-0.15, -0.1) is 0 Å². The number of hydrogen-bond acceptors (Lipinski definition) is 4. The third kappa shape index (κ3) is 4.89. The van der Waals surface area contributed by atoms with Crippen molar-refractivity contribution in [3.63, 3.8) is 0 Å². The molecule has 0 radical (unpaired) electrons. The van der Waals surface area contributed by atoms with Gasteiger partial charge in [-0.25, -0.2) is 4.79 Å². The number of nitrogens with one attached hydrogen (secondary N) is 1. The van der Waals surface area contributed by atoms with E-state index >= 15 is 0 Å². The Labute approximate surface area is 219 Å². The molecule has 0 aromatic heterocycles. The molecule has 3 aliphatic rings. The summed E-state index contributed by atoms with van der Waals surface area (Å²) in [7, 11) is 0. The van der Waals surface area contributed by atoms with Crippen LogP contribution in [-0.4, -0.2) is 77.5 Å². The van der Waals surface area contributed by atoms with E-state index in [1.165, 1.54) is 23.1 Å². The van der Waals surface area contributed by atoms with Crippen LogP contribution in [0, 0.1) is 0 Å². The molecule has 5 rings (SSSR count). The zero-order valence-electron chi connectivity index (χ0n) is 20.9. The summed E-state index contributed by atoms with van der Waals surface area (Å²) in [5.74, 6) is -0.225. The van der Waals surface area contributed by atoms with Gasteiger partial charge in [-0.1, -0.05) is 30.3 Å². The lowest BCUT2D eigenvalue weighted by molar-refractivity contribution is -0.140. The Balaban J connectivity index is 1.32. The summed E-state index contributed by atoms with van der Waals surface area (Å²) in [4.78, 5) is 46.4. The molecule has 0 atom stereocenters. The normalized spacial score (nSPS) is 19.4. The van der Waals surface area contributed by atoms with Crippen LogP contribution in [-0.2, 0) is 15.8 Å². The van der Waals surface area contributed by atoms with E-state index in [0.717, 1.165) is 24.6 Å². The lowest BCUT2D eigenvalue weighted by atomic mass is 9.85. The lowest BCUT2D eigenvalue weighted by Gasteiger charge is -2.43. The largest absolute Gasteiger partial charge is 0.418 e. The van der Waals surface area contributed by atoms with E-state index in [0.29, 0.717) is 25.9 Å². The van der Waals surface area contributed by atoms with Crippen molar-refractivity contribution in [1.29, 1.82) is 0 Å². The van der Waals surface area contributed by atoms with Crippen LogP contribution in [0.5, 0.6) is 0 Å². The minimum atomic E-state index is -4.60. The van der Waals surface area contributed by atoms with Gasteiger partial charge in [0.1, 0.15) is 12.1 Å². The molecule has 1 spiro atoms. The number of anilines is 2. The number of benzene rings is 2. The predicted octanol–water partition coefficient (Wildman–Crippen LogP) is 4.00. The molecule has 2 aromatic carbocycles. The van der Waals surface area contributed by atoms with E-state index in [1.807, 2.05) is 35.2 Å². The van der Waals surface area contributed by atoms with Crippen molar-refractivity contribution >= 4 is 29.2 Å². The van der Waals surface area contributed by atoms with Gasteiger partial charge >= 0.3 is 12.2 Å². The molecule has 0 unspecified atom stereocenters. The van der Waals surface area contributed by atoms with Crippen LogP contribution in [0.1, 0.15) is 31.2 Å². The highest BCUT2D eigenvalue weighted by Crippen LogP contribution is 2.40. The third-order valence-electron chi connectivity index (χ3n) is 7.72. The predicted molar refractivity (Wildman–Crippen MR) is 135 cm³/mol. The van der Waals surface area contributed by atoms with Crippen LogP contribution in [0.15, 0.2) is 54.6 Å². The van der Waals surface area contributed by atoms with Gasteiger partial charge in [0, 0.05) is 31.9 Å².